The maximum atomic E-state index is 4.49. The van der Waals surface area contributed by atoms with Gasteiger partial charge >= 0.3 is 0 Å². The van der Waals surface area contributed by atoms with Gasteiger partial charge < -0.3 is 15.5 Å². The van der Waals surface area contributed by atoms with E-state index in [1.807, 2.05) is 18.2 Å². The van der Waals surface area contributed by atoms with Crippen molar-refractivity contribution in [1.82, 2.24) is 14.9 Å². The predicted molar refractivity (Wildman–Crippen MR) is 92.2 cm³/mol. The van der Waals surface area contributed by atoms with Crippen LogP contribution in [0.2, 0.25) is 0 Å². The van der Waals surface area contributed by atoms with Crippen molar-refractivity contribution in [1.29, 1.82) is 0 Å². The van der Waals surface area contributed by atoms with E-state index in [-0.39, 0.29) is 0 Å². The molecule has 0 radical (unpaired) electrons. The molecule has 0 unspecified atom stereocenters. The summed E-state index contributed by atoms with van der Waals surface area (Å²) in [6.07, 6.45) is 2.87. The largest absolute Gasteiger partial charge is 0.370 e. The van der Waals surface area contributed by atoms with Gasteiger partial charge in [-0.2, -0.15) is 4.98 Å². The lowest BCUT2D eigenvalue weighted by molar-refractivity contribution is 0.405. The summed E-state index contributed by atoms with van der Waals surface area (Å²) in [7, 11) is 4.16. The van der Waals surface area contributed by atoms with Crippen LogP contribution in [0, 0.1) is 6.92 Å². The third kappa shape index (κ3) is 5.33. The van der Waals surface area contributed by atoms with E-state index in [1.165, 1.54) is 11.1 Å². The van der Waals surface area contributed by atoms with Gasteiger partial charge in [0.15, 0.2) is 0 Å². The Balaban J connectivity index is 1.85. The highest BCUT2D eigenvalue weighted by molar-refractivity contribution is 5.40. The van der Waals surface area contributed by atoms with E-state index in [0.717, 1.165) is 31.9 Å². The Morgan fingerprint density at radius 3 is 2.68 bits per heavy atom. The molecule has 22 heavy (non-hydrogen) atoms. The molecule has 2 N–H and O–H groups in total. The lowest BCUT2D eigenvalue weighted by Gasteiger charge is -2.11. The summed E-state index contributed by atoms with van der Waals surface area (Å²) in [5.41, 5.74) is 2.53. The molecule has 5 nitrogen and oxygen atoms in total. The van der Waals surface area contributed by atoms with E-state index < -0.39 is 0 Å². The minimum absolute atomic E-state index is 0.654. The van der Waals surface area contributed by atoms with Crippen LogP contribution in [0.15, 0.2) is 36.5 Å². The van der Waals surface area contributed by atoms with Gasteiger partial charge in [-0.25, -0.2) is 4.98 Å². The molecule has 0 amide bonds. The van der Waals surface area contributed by atoms with Gasteiger partial charge in [0, 0.05) is 19.3 Å². The summed E-state index contributed by atoms with van der Waals surface area (Å²) < 4.78 is 0. The Morgan fingerprint density at radius 1 is 1.09 bits per heavy atom. The molecule has 2 aromatic rings. The first-order chi connectivity index (χ1) is 10.6. The molecule has 2 rings (SSSR count). The van der Waals surface area contributed by atoms with E-state index in [9.17, 15) is 0 Å². The summed E-state index contributed by atoms with van der Waals surface area (Å²) >= 11 is 0. The minimum atomic E-state index is 0.654. The molecule has 0 aliphatic heterocycles. The number of nitrogens with one attached hydrogen (secondary N) is 2. The van der Waals surface area contributed by atoms with E-state index in [2.05, 4.69) is 58.7 Å². The maximum Gasteiger partial charge on any atom is 0.224 e. The molecule has 1 heterocycles. The fraction of sp³-hybridized carbons (Fsp3) is 0.412. The molecule has 0 saturated carbocycles. The SMILES string of the molecule is Cc1ccccc1CNc1nccc(NCCCN(C)C)n1. The van der Waals surface area contributed by atoms with Crippen molar-refractivity contribution in [3.8, 4) is 0 Å². The third-order valence-corrected chi connectivity index (χ3v) is 3.44. The molecule has 0 aliphatic rings. The van der Waals surface area contributed by atoms with Gasteiger partial charge in [0.1, 0.15) is 5.82 Å². The molecule has 118 valence electrons. The first kappa shape index (κ1) is 16.2. The molecule has 0 saturated heterocycles. The maximum absolute atomic E-state index is 4.49. The standard InChI is InChI=1S/C17H25N5/c1-14-7-4-5-8-15(14)13-20-17-19-11-9-16(21-17)18-10-6-12-22(2)3/h4-5,7-9,11H,6,10,12-13H2,1-3H3,(H2,18,19,20,21). The molecule has 0 fully saturated rings. The zero-order valence-electron chi connectivity index (χ0n) is 13.6. The summed E-state index contributed by atoms with van der Waals surface area (Å²) in [6.45, 7) is 4.82. The van der Waals surface area contributed by atoms with Crippen LogP contribution in [0.1, 0.15) is 17.5 Å². The van der Waals surface area contributed by atoms with Crippen molar-refractivity contribution in [3.63, 3.8) is 0 Å². The number of nitrogens with zero attached hydrogens (tertiary/aromatic N) is 3. The number of aromatic nitrogens is 2. The molecule has 0 bridgehead atoms. The molecule has 1 aromatic heterocycles. The van der Waals surface area contributed by atoms with Crippen LogP contribution < -0.4 is 10.6 Å². The highest BCUT2D eigenvalue weighted by Gasteiger charge is 2.01. The molecular formula is C17H25N5. The van der Waals surface area contributed by atoms with Crippen molar-refractivity contribution < 1.29 is 0 Å². The number of rotatable bonds is 8. The van der Waals surface area contributed by atoms with Crippen LogP contribution in [-0.2, 0) is 6.54 Å². The Hall–Kier alpha value is -2.14. The van der Waals surface area contributed by atoms with Crippen LogP contribution in [0.5, 0.6) is 0 Å². The first-order valence-electron chi connectivity index (χ1n) is 7.65. The van der Waals surface area contributed by atoms with E-state index in [0.29, 0.717) is 5.95 Å². The van der Waals surface area contributed by atoms with Crippen molar-refractivity contribution in [2.75, 3.05) is 37.8 Å². The topological polar surface area (TPSA) is 53.1 Å². The molecule has 0 spiro atoms. The number of hydrogen-bond donors (Lipinski definition) is 2. The van der Waals surface area contributed by atoms with Crippen LogP contribution in [0.25, 0.3) is 0 Å². The van der Waals surface area contributed by atoms with E-state index in [1.54, 1.807) is 6.20 Å². The summed E-state index contributed by atoms with van der Waals surface area (Å²) in [5.74, 6) is 1.52. The average Bonchev–Trinajstić information content (AvgIpc) is 2.51. The zero-order chi connectivity index (χ0) is 15.8. The monoisotopic (exact) mass is 299 g/mol. The fourth-order valence-electron chi connectivity index (χ4n) is 2.14. The highest BCUT2D eigenvalue weighted by Crippen LogP contribution is 2.10. The van der Waals surface area contributed by atoms with Crippen LogP contribution in [-0.4, -0.2) is 42.1 Å². The normalized spacial score (nSPS) is 10.7. The number of anilines is 2. The fourth-order valence-corrected chi connectivity index (χ4v) is 2.14. The Labute approximate surface area is 132 Å². The number of aryl methyl sites for hydroxylation is 1. The first-order valence-corrected chi connectivity index (χ1v) is 7.65. The van der Waals surface area contributed by atoms with Crippen molar-refractivity contribution in [2.45, 2.75) is 19.9 Å². The lowest BCUT2D eigenvalue weighted by Crippen LogP contribution is -2.16. The number of hydrogen-bond acceptors (Lipinski definition) is 5. The minimum Gasteiger partial charge on any atom is -0.370 e. The molecule has 0 aliphatic carbocycles. The molecular weight excluding hydrogens is 274 g/mol. The van der Waals surface area contributed by atoms with Gasteiger partial charge in [-0.3, -0.25) is 0 Å². The van der Waals surface area contributed by atoms with E-state index in [4.69, 9.17) is 0 Å². The second kappa shape index (κ2) is 8.34. The molecule has 1 aromatic carbocycles. The lowest BCUT2D eigenvalue weighted by atomic mass is 10.1. The van der Waals surface area contributed by atoms with Crippen LogP contribution in [0.4, 0.5) is 11.8 Å². The Kier molecular flexibility index (Phi) is 6.15. The van der Waals surface area contributed by atoms with Gasteiger partial charge in [-0.05, 0) is 51.2 Å². The second-order valence-electron chi connectivity index (χ2n) is 5.63. The second-order valence-corrected chi connectivity index (χ2v) is 5.63. The third-order valence-electron chi connectivity index (χ3n) is 3.44. The van der Waals surface area contributed by atoms with Crippen molar-refractivity contribution in [3.05, 3.63) is 47.7 Å². The summed E-state index contributed by atoms with van der Waals surface area (Å²) in [4.78, 5) is 10.9. The van der Waals surface area contributed by atoms with Crippen molar-refractivity contribution >= 4 is 11.8 Å². The van der Waals surface area contributed by atoms with Crippen LogP contribution >= 0.6 is 0 Å². The van der Waals surface area contributed by atoms with Gasteiger partial charge in [-0.15, -0.1) is 0 Å². The summed E-state index contributed by atoms with van der Waals surface area (Å²) in [5, 5.41) is 6.61. The van der Waals surface area contributed by atoms with Gasteiger partial charge in [0.05, 0.1) is 0 Å². The van der Waals surface area contributed by atoms with Crippen LogP contribution in [0.3, 0.4) is 0 Å². The molecule has 5 heteroatoms. The van der Waals surface area contributed by atoms with Gasteiger partial charge in [0.2, 0.25) is 5.95 Å². The summed E-state index contributed by atoms with van der Waals surface area (Å²) in [6, 6.07) is 10.2. The number of benzene rings is 1. The van der Waals surface area contributed by atoms with E-state index >= 15 is 0 Å². The van der Waals surface area contributed by atoms with Gasteiger partial charge in [-0.1, -0.05) is 24.3 Å². The van der Waals surface area contributed by atoms with Crippen molar-refractivity contribution in [2.24, 2.45) is 0 Å². The quantitative estimate of drug-likeness (QED) is 0.734. The molecule has 0 atom stereocenters. The zero-order valence-corrected chi connectivity index (χ0v) is 13.6. The van der Waals surface area contributed by atoms with Gasteiger partial charge in [0.25, 0.3) is 0 Å². The Bertz CT molecular complexity index is 583. The Morgan fingerprint density at radius 2 is 1.91 bits per heavy atom. The predicted octanol–water partition coefficient (Wildman–Crippen LogP) is 2.76. The smallest absolute Gasteiger partial charge is 0.224 e. The average molecular weight is 299 g/mol. The highest BCUT2D eigenvalue weighted by atomic mass is 15.1.